The van der Waals surface area contributed by atoms with E-state index in [0.29, 0.717) is 33.0 Å². The summed E-state index contributed by atoms with van der Waals surface area (Å²) < 4.78 is 10.5. The lowest BCUT2D eigenvalue weighted by atomic mass is 10.1. The van der Waals surface area contributed by atoms with E-state index in [1.165, 1.54) is 0 Å². The van der Waals surface area contributed by atoms with Crippen LogP contribution in [-0.2, 0) is 9.47 Å². The van der Waals surface area contributed by atoms with Crippen LogP contribution < -0.4 is 5.32 Å². The molecule has 0 bridgehead atoms. The first kappa shape index (κ1) is 17.4. The zero-order valence-electron chi connectivity index (χ0n) is 12.1. The quantitative estimate of drug-likeness (QED) is 0.652. The Bertz CT molecular complexity index is 376. The van der Waals surface area contributed by atoms with Gasteiger partial charge in [0.25, 0.3) is 0 Å². The molecule has 20 heavy (non-hydrogen) atoms. The summed E-state index contributed by atoms with van der Waals surface area (Å²) in [5.74, 6) is 0. The number of ether oxygens (including phenoxy) is 2. The van der Waals surface area contributed by atoms with E-state index in [2.05, 4.69) is 5.32 Å². The van der Waals surface area contributed by atoms with Crippen molar-refractivity contribution in [1.82, 2.24) is 5.32 Å². The number of halogens is 1. The van der Waals surface area contributed by atoms with Crippen LogP contribution in [0.3, 0.4) is 0 Å². The molecule has 0 fully saturated rings. The van der Waals surface area contributed by atoms with Gasteiger partial charge in [0.2, 0.25) is 0 Å². The van der Waals surface area contributed by atoms with Crippen LogP contribution in [0.2, 0.25) is 5.02 Å². The highest BCUT2D eigenvalue weighted by Gasteiger charge is 2.09. The molecular weight excluding hydrogens is 278 g/mol. The largest absolute Gasteiger partial charge is 0.389 e. The average Bonchev–Trinajstić information content (AvgIpc) is 2.44. The molecule has 1 rings (SSSR count). The molecule has 0 spiro atoms. The first-order valence-electron chi connectivity index (χ1n) is 6.96. The van der Waals surface area contributed by atoms with Crippen molar-refractivity contribution in [3.8, 4) is 0 Å². The first-order chi connectivity index (χ1) is 9.63. The minimum absolute atomic E-state index is 0.131. The van der Waals surface area contributed by atoms with Crippen molar-refractivity contribution in [1.29, 1.82) is 0 Å². The van der Waals surface area contributed by atoms with Crippen molar-refractivity contribution in [2.75, 3.05) is 33.0 Å². The summed E-state index contributed by atoms with van der Waals surface area (Å²) in [7, 11) is 0. The molecule has 2 atom stereocenters. The minimum atomic E-state index is -0.529. The maximum Gasteiger partial charge on any atom is 0.0897 e. The van der Waals surface area contributed by atoms with Crippen LogP contribution in [0, 0.1) is 0 Å². The summed E-state index contributed by atoms with van der Waals surface area (Å²) in [5, 5.41) is 13.8. The van der Waals surface area contributed by atoms with Gasteiger partial charge in [-0.1, -0.05) is 23.7 Å². The van der Waals surface area contributed by atoms with Crippen molar-refractivity contribution in [3.63, 3.8) is 0 Å². The van der Waals surface area contributed by atoms with Gasteiger partial charge < -0.3 is 19.9 Å². The summed E-state index contributed by atoms with van der Waals surface area (Å²) in [6, 6.07) is 7.83. The number of benzene rings is 1. The van der Waals surface area contributed by atoms with Gasteiger partial charge in [-0.15, -0.1) is 0 Å². The van der Waals surface area contributed by atoms with E-state index in [0.717, 1.165) is 10.6 Å². The van der Waals surface area contributed by atoms with Crippen molar-refractivity contribution in [2.24, 2.45) is 0 Å². The summed E-state index contributed by atoms with van der Waals surface area (Å²) in [6.07, 6.45) is -0.529. The highest BCUT2D eigenvalue weighted by molar-refractivity contribution is 6.30. The molecule has 114 valence electrons. The van der Waals surface area contributed by atoms with E-state index in [9.17, 15) is 5.11 Å². The van der Waals surface area contributed by atoms with E-state index >= 15 is 0 Å². The molecule has 5 heteroatoms. The first-order valence-corrected chi connectivity index (χ1v) is 7.33. The molecule has 2 unspecified atom stereocenters. The fourth-order valence-corrected chi connectivity index (χ4v) is 1.95. The molecule has 1 aromatic rings. The summed E-state index contributed by atoms with van der Waals surface area (Å²) in [4.78, 5) is 0. The van der Waals surface area contributed by atoms with Crippen LogP contribution in [0.1, 0.15) is 25.5 Å². The van der Waals surface area contributed by atoms with Gasteiger partial charge in [-0.3, -0.25) is 0 Å². The molecule has 0 aliphatic rings. The smallest absolute Gasteiger partial charge is 0.0897 e. The summed E-state index contributed by atoms with van der Waals surface area (Å²) in [6.45, 7) is 6.52. The van der Waals surface area contributed by atoms with E-state index in [1.807, 2.05) is 38.1 Å². The molecule has 0 aliphatic heterocycles. The number of nitrogens with one attached hydrogen (secondary N) is 1. The second-order valence-corrected chi connectivity index (χ2v) is 5.05. The van der Waals surface area contributed by atoms with Crippen LogP contribution in [-0.4, -0.2) is 44.2 Å². The van der Waals surface area contributed by atoms with Gasteiger partial charge in [0.15, 0.2) is 0 Å². The molecular formula is C15H24ClNO3. The lowest BCUT2D eigenvalue weighted by Crippen LogP contribution is -2.32. The van der Waals surface area contributed by atoms with E-state index in [-0.39, 0.29) is 6.04 Å². The Labute approximate surface area is 126 Å². The Morgan fingerprint density at radius 3 is 2.75 bits per heavy atom. The Morgan fingerprint density at radius 2 is 2.05 bits per heavy atom. The third kappa shape index (κ3) is 7.22. The topological polar surface area (TPSA) is 50.7 Å². The molecule has 0 radical (unpaired) electrons. The normalized spacial score (nSPS) is 14.2. The van der Waals surface area contributed by atoms with Crippen LogP contribution in [0.4, 0.5) is 0 Å². The number of hydrogen-bond donors (Lipinski definition) is 2. The molecule has 0 aromatic heterocycles. The van der Waals surface area contributed by atoms with Crippen LogP contribution in [0.15, 0.2) is 24.3 Å². The summed E-state index contributed by atoms with van der Waals surface area (Å²) in [5.41, 5.74) is 1.10. The van der Waals surface area contributed by atoms with Crippen LogP contribution in [0.25, 0.3) is 0 Å². The van der Waals surface area contributed by atoms with Gasteiger partial charge >= 0.3 is 0 Å². The van der Waals surface area contributed by atoms with Crippen molar-refractivity contribution in [3.05, 3.63) is 34.9 Å². The van der Waals surface area contributed by atoms with E-state index < -0.39 is 6.10 Å². The van der Waals surface area contributed by atoms with Crippen molar-refractivity contribution < 1.29 is 14.6 Å². The molecule has 0 aliphatic carbocycles. The highest BCUT2D eigenvalue weighted by atomic mass is 35.5. The number of hydrogen-bond acceptors (Lipinski definition) is 4. The summed E-state index contributed by atoms with van der Waals surface area (Å²) >= 11 is 5.95. The zero-order valence-corrected chi connectivity index (χ0v) is 12.9. The standard InChI is InChI=1S/C15H24ClNO3/c1-3-19-7-8-20-11-15(18)10-17-12(2)13-5-4-6-14(16)9-13/h4-6,9,12,15,17-18H,3,7-8,10-11H2,1-2H3. The second-order valence-electron chi connectivity index (χ2n) is 4.61. The predicted molar refractivity (Wildman–Crippen MR) is 81.2 cm³/mol. The molecule has 0 saturated heterocycles. The molecule has 0 amide bonds. The Kier molecular flexibility index (Phi) is 8.82. The Morgan fingerprint density at radius 1 is 1.30 bits per heavy atom. The van der Waals surface area contributed by atoms with Crippen LogP contribution >= 0.6 is 11.6 Å². The fourth-order valence-electron chi connectivity index (χ4n) is 1.75. The van der Waals surface area contributed by atoms with Gasteiger partial charge in [0, 0.05) is 24.2 Å². The SMILES string of the molecule is CCOCCOCC(O)CNC(C)c1cccc(Cl)c1. The highest BCUT2D eigenvalue weighted by Crippen LogP contribution is 2.17. The minimum Gasteiger partial charge on any atom is -0.389 e. The monoisotopic (exact) mass is 301 g/mol. The third-order valence-electron chi connectivity index (χ3n) is 2.89. The lowest BCUT2D eigenvalue weighted by molar-refractivity contribution is 0.00586. The van der Waals surface area contributed by atoms with Gasteiger partial charge in [-0.05, 0) is 31.5 Å². The number of aliphatic hydroxyl groups excluding tert-OH is 1. The Balaban J connectivity index is 2.18. The Hall–Kier alpha value is -0.650. The molecule has 1 aromatic carbocycles. The average molecular weight is 302 g/mol. The van der Waals surface area contributed by atoms with Crippen molar-refractivity contribution in [2.45, 2.75) is 26.0 Å². The molecule has 0 saturated carbocycles. The maximum absolute atomic E-state index is 9.80. The van der Waals surface area contributed by atoms with Gasteiger partial charge in [-0.2, -0.15) is 0 Å². The zero-order chi connectivity index (χ0) is 14.8. The van der Waals surface area contributed by atoms with Gasteiger partial charge in [0.1, 0.15) is 0 Å². The third-order valence-corrected chi connectivity index (χ3v) is 3.13. The molecule has 4 nitrogen and oxygen atoms in total. The number of aliphatic hydroxyl groups is 1. The second kappa shape index (κ2) is 10.1. The fraction of sp³-hybridized carbons (Fsp3) is 0.600. The van der Waals surface area contributed by atoms with Gasteiger partial charge in [0.05, 0.1) is 25.9 Å². The lowest BCUT2D eigenvalue weighted by Gasteiger charge is -2.18. The predicted octanol–water partition coefficient (Wildman–Crippen LogP) is 2.40. The van der Waals surface area contributed by atoms with Crippen LogP contribution in [0.5, 0.6) is 0 Å². The maximum atomic E-state index is 9.80. The molecule has 0 heterocycles. The molecule has 2 N–H and O–H groups in total. The number of rotatable bonds is 10. The van der Waals surface area contributed by atoms with Gasteiger partial charge in [-0.25, -0.2) is 0 Å². The van der Waals surface area contributed by atoms with E-state index in [4.69, 9.17) is 21.1 Å². The van der Waals surface area contributed by atoms with Crippen molar-refractivity contribution >= 4 is 11.6 Å². The van der Waals surface area contributed by atoms with E-state index in [1.54, 1.807) is 0 Å².